The van der Waals surface area contributed by atoms with Gasteiger partial charge in [-0.3, -0.25) is 0 Å². The molecule has 3 rings (SSSR count). The fourth-order valence-corrected chi connectivity index (χ4v) is 2.39. The molecular formula is C18H16Cl2NO-. The van der Waals surface area contributed by atoms with Gasteiger partial charge in [-0.1, -0.05) is 54.1 Å². The van der Waals surface area contributed by atoms with E-state index in [1.54, 1.807) is 0 Å². The van der Waals surface area contributed by atoms with Crippen LogP contribution in [0.3, 0.4) is 0 Å². The number of rotatable bonds is 5. The zero-order valence-electron chi connectivity index (χ0n) is 11.9. The standard InChI is InChI=1S/C18H16ClNO.ClH/c19-16-8-4-7-15(11-16)18-10-9-17(21-18)13-20-12-14-5-2-1-3-6-14;/h1-11,20H,12-13H2;1H/p-1. The summed E-state index contributed by atoms with van der Waals surface area (Å²) in [7, 11) is 0. The van der Waals surface area contributed by atoms with E-state index in [-0.39, 0.29) is 12.4 Å². The van der Waals surface area contributed by atoms with Crippen LogP contribution in [0.1, 0.15) is 11.3 Å². The highest BCUT2D eigenvalue weighted by atomic mass is 35.5. The topological polar surface area (TPSA) is 25.2 Å². The first-order valence-electron chi connectivity index (χ1n) is 6.90. The Balaban J connectivity index is 0.00000176. The Morgan fingerprint density at radius 3 is 2.45 bits per heavy atom. The van der Waals surface area contributed by atoms with Crippen LogP contribution in [-0.2, 0) is 13.1 Å². The summed E-state index contributed by atoms with van der Waals surface area (Å²) >= 11 is 6.00. The average molecular weight is 333 g/mol. The molecule has 0 aliphatic carbocycles. The molecule has 22 heavy (non-hydrogen) atoms. The van der Waals surface area contributed by atoms with Crippen LogP contribution < -0.4 is 17.7 Å². The Morgan fingerprint density at radius 1 is 0.864 bits per heavy atom. The smallest absolute Gasteiger partial charge is 0.134 e. The Labute approximate surface area is 141 Å². The first-order valence-corrected chi connectivity index (χ1v) is 7.28. The summed E-state index contributed by atoms with van der Waals surface area (Å²) in [5.74, 6) is 1.76. The first kappa shape index (κ1) is 16.6. The van der Waals surface area contributed by atoms with Gasteiger partial charge in [0.15, 0.2) is 0 Å². The monoisotopic (exact) mass is 332 g/mol. The van der Waals surface area contributed by atoms with E-state index in [4.69, 9.17) is 16.0 Å². The van der Waals surface area contributed by atoms with E-state index < -0.39 is 0 Å². The molecule has 2 nitrogen and oxygen atoms in total. The van der Waals surface area contributed by atoms with Gasteiger partial charge in [0.2, 0.25) is 0 Å². The van der Waals surface area contributed by atoms with E-state index in [2.05, 4.69) is 17.4 Å². The van der Waals surface area contributed by atoms with Gasteiger partial charge < -0.3 is 22.1 Å². The molecule has 1 heterocycles. The highest BCUT2D eigenvalue weighted by Crippen LogP contribution is 2.24. The van der Waals surface area contributed by atoms with Gasteiger partial charge >= 0.3 is 0 Å². The molecule has 1 N–H and O–H groups in total. The number of halogens is 2. The predicted octanol–water partition coefficient (Wildman–Crippen LogP) is 1.89. The van der Waals surface area contributed by atoms with Gasteiger partial charge in [-0.2, -0.15) is 0 Å². The van der Waals surface area contributed by atoms with E-state index in [0.717, 1.165) is 23.6 Å². The third kappa shape index (κ3) is 4.38. The van der Waals surface area contributed by atoms with Gasteiger partial charge in [-0.15, -0.1) is 0 Å². The quantitative estimate of drug-likeness (QED) is 0.772. The summed E-state index contributed by atoms with van der Waals surface area (Å²) in [6.07, 6.45) is 0. The highest BCUT2D eigenvalue weighted by Gasteiger charge is 2.05. The largest absolute Gasteiger partial charge is 1.00 e. The maximum atomic E-state index is 6.00. The molecule has 0 atom stereocenters. The molecule has 0 aliphatic heterocycles. The summed E-state index contributed by atoms with van der Waals surface area (Å²) in [5.41, 5.74) is 2.26. The van der Waals surface area contributed by atoms with Crippen molar-refractivity contribution < 1.29 is 16.8 Å². The van der Waals surface area contributed by atoms with Crippen LogP contribution >= 0.6 is 11.6 Å². The van der Waals surface area contributed by atoms with E-state index in [1.807, 2.05) is 54.6 Å². The predicted molar refractivity (Wildman–Crippen MR) is 86.1 cm³/mol. The lowest BCUT2D eigenvalue weighted by molar-refractivity contribution is -0.00000468. The van der Waals surface area contributed by atoms with Crippen molar-refractivity contribution in [1.82, 2.24) is 5.32 Å². The summed E-state index contributed by atoms with van der Waals surface area (Å²) in [5, 5.41) is 4.09. The number of benzene rings is 2. The molecule has 2 aromatic carbocycles. The van der Waals surface area contributed by atoms with E-state index in [0.29, 0.717) is 11.6 Å². The molecule has 1 aromatic heterocycles. The Morgan fingerprint density at radius 2 is 1.68 bits per heavy atom. The third-order valence-corrected chi connectivity index (χ3v) is 3.48. The number of furan rings is 1. The zero-order valence-corrected chi connectivity index (χ0v) is 13.4. The highest BCUT2D eigenvalue weighted by molar-refractivity contribution is 6.30. The van der Waals surface area contributed by atoms with Gasteiger partial charge in [0, 0.05) is 17.1 Å². The van der Waals surface area contributed by atoms with Crippen molar-refractivity contribution in [2.45, 2.75) is 13.1 Å². The van der Waals surface area contributed by atoms with Gasteiger partial charge in [0.1, 0.15) is 11.5 Å². The molecule has 0 bridgehead atoms. The van der Waals surface area contributed by atoms with Gasteiger partial charge in [-0.05, 0) is 29.8 Å². The van der Waals surface area contributed by atoms with Crippen LogP contribution in [-0.4, -0.2) is 0 Å². The van der Waals surface area contributed by atoms with Crippen molar-refractivity contribution in [3.63, 3.8) is 0 Å². The Kier molecular flexibility index (Phi) is 6.08. The van der Waals surface area contributed by atoms with Gasteiger partial charge in [0.05, 0.1) is 6.54 Å². The second-order valence-electron chi connectivity index (χ2n) is 4.87. The van der Waals surface area contributed by atoms with Gasteiger partial charge in [0.25, 0.3) is 0 Å². The minimum atomic E-state index is 0. The van der Waals surface area contributed by atoms with Crippen LogP contribution in [0.5, 0.6) is 0 Å². The maximum Gasteiger partial charge on any atom is 0.134 e. The van der Waals surface area contributed by atoms with Crippen LogP contribution in [0.15, 0.2) is 71.1 Å². The lowest BCUT2D eigenvalue weighted by Gasteiger charge is -2.03. The fourth-order valence-electron chi connectivity index (χ4n) is 2.20. The van der Waals surface area contributed by atoms with Crippen molar-refractivity contribution in [2.75, 3.05) is 0 Å². The third-order valence-electron chi connectivity index (χ3n) is 3.24. The SMILES string of the molecule is Clc1cccc(-c2ccc(CNCc3ccccc3)o2)c1.[Cl-]. The van der Waals surface area contributed by atoms with Crippen molar-refractivity contribution in [3.05, 3.63) is 83.1 Å². The molecule has 0 spiro atoms. The summed E-state index contributed by atoms with van der Waals surface area (Å²) in [6.45, 7) is 1.53. The van der Waals surface area contributed by atoms with Crippen molar-refractivity contribution in [3.8, 4) is 11.3 Å². The molecule has 0 unspecified atom stereocenters. The molecule has 0 fully saturated rings. The van der Waals surface area contributed by atoms with Crippen LogP contribution in [0, 0.1) is 0 Å². The molecule has 114 valence electrons. The second-order valence-corrected chi connectivity index (χ2v) is 5.30. The lowest BCUT2D eigenvalue weighted by Crippen LogP contribution is -3.00. The van der Waals surface area contributed by atoms with Crippen molar-refractivity contribution >= 4 is 11.6 Å². The lowest BCUT2D eigenvalue weighted by atomic mass is 10.2. The molecule has 0 saturated carbocycles. The normalized spacial score (nSPS) is 10.2. The van der Waals surface area contributed by atoms with Crippen LogP contribution in [0.4, 0.5) is 0 Å². The fraction of sp³-hybridized carbons (Fsp3) is 0.111. The second kappa shape index (κ2) is 8.04. The summed E-state index contributed by atoms with van der Waals surface area (Å²) < 4.78 is 5.84. The van der Waals surface area contributed by atoms with Crippen molar-refractivity contribution in [1.29, 1.82) is 0 Å². The zero-order chi connectivity index (χ0) is 14.5. The minimum Gasteiger partial charge on any atom is -1.00 e. The van der Waals surface area contributed by atoms with Crippen LogP contribution in [0.2, 0.25) is 5.02 Å². The molecule has 0 radical (unpaired) electrons. The number of hydrogen-bond acceptors (Lipinski definition) is 2. The summed E-state index contributed by atoms with van der Waals surface area (Å²) in [4.78, 5) is 0. The number of hydrogen-bond donors (Lipinski definition) is 1. The Bertz CT molecular complexity index is 710. The van der Waals surface area contributed by atoms with E-state index in [9.17, 15) is 0 Å². The molecule has 3 aromatic rings. The molecule has 0 amide bonds. The maximum absolute atomic E-state index is 6.00. The van der Waals surface area contributed by atoms with Crippen LogP contribution in [0.25, 0.3) is 11.3 Å². The molecule has 4 heteroatoms. The molecule has 0 saturated heterocycles. The average Bonchev–Trinajstić information content (AvgIpc) is 2.97. The Hall–Kier alpha value is -1.74. The van der Waals surface area contributed by atoms with E-state index >= 15 is 0 Å². The summed E-state index contributed by atoms with van der Waals surface area (Å²) in [6, 6.07) is 22.0. The molecule has 0 aliphatic rings. The number of nitrogens with one attached hydrogen (secondary N) is 1. The minimum absolute atomic E-state index is 0. The van der Waals surface area contributed by atoms with Crippen molar-refractivity contribution in [2.24, 2.45) is 0 Å². The molecular weight excluding hydrogens is 317 g/mol. The van der Waals surface area contributed by atoms with E-state index in [1.165, 1.54) is 5.56 Å². The first-order chi connectivity index (χ1) is 10.3. The van der Waals surface area contributed by atoms with Gasteiger partial charge in [-0.25, -0.2) is 0 Å².